The lowest BCUT2D eigenvalue weighted by Crippen LogP contribution is -2.47. The number of aromatic nitrogens is 1. The van der Waals surface area contributed by atoms with Crippen molar-refractivity contribution in [3.8, 4) is 0 Å². The minimum atomic E-state index is -0.168. The highest BCUT2D eigenvalue weighted by Gasteiger charge is 2.30. The molecule has 1 aliphatic heterocycles. The third-order valence-electron chi connectivity index (χ3n) is 2.74. The van der Waals surface area contributed by atoms with Crippen LogP contribution in [0.1, 0.15) is 23.8 Å². The predicted octanol–water partition coefficient (Wildman–Crippen LogP) is 1.22. The molecule has 1 aromatic heterocycles. The summed E-state index contributed by atoms with van der Waals surface area (Å²) in [5, 5.41) is 6.74. The van der Waals surface area contributed by atoms with Gasteiger partial charge in [0.15, 0.2) is 0 Å². The second kappa shape index (κ2) is 4.39. The lowest BCUT2D eigenvalue weighted by Gasteiger charge is -2.24. The van der Waals surface area contributed by atoms with E-state index in [2.05, 4.69) is 15.6 Å². The second-order valence-corrected chi connectivity index (χ2v) is 4.74. The van der Waals surface area contributed by atoms with E-state index in [1.54, 1.807) is 12.1 Å². The first-order valence-corrected chi connectivity index (χ1v) is 5.62. The predicted molar refractivity (Wildman–Crippen MR) is 62.6 cm³/mol. The molecule has 0 aliphatic carbocycles. The molecule has 16 heavy (non-hydrogen) atoms. The summed E-state index contributed by atoms with van der Waals surface area (Å²) in [6.45, 7) is 3.76. The van der Waals surface area contributed by atoms with E-state index in [1.807, 2.05) is 6.92 Å². The average molecular weight is 240 g/mol. The van der Waals surface area contributed by atoms with E-state index in [1.165, 1.54) is 6.20 Å². The molecular weight excluding hydrogens is 226 g/mol. The molecule has 0 aromatic carbocycles. The number of pyridine rings is 1. The Hall–Kier alpha value is -1.13. The van der Waals surface area contributed by atoms with E-state index in [0.29, 0.717) is 10.7 Å². The van der Waals surface area contributed by atoms with E-state index in [9.17, 15) is 4.79 Å². The first-order chi connectivity index (χ1) is 7.59. The Labute approximate surface area is 99.4 Å². The Kier molecular flexibility index (Phi) is 3.12. The van der Waals surface area contributed by atoms with E-state index in [-0.39, 0.29) is 11.4 Å². The largest absolute Gasteiger partial charge is 0.344 e. The summed E-state index contributed by atoms with van der Waals surface area (Å²) >= 11 is 5.71. The highest BCUT2D eigenvalue weighted by atomic mass is 35.5. The van der Waals surface area contributed by atoms with Crippen molar-refractivity contribution in [2.45, 2.75) is 18.9 Å². The zero-order valence-electron chi connectivity index (χ0n) is 9.09. The highest BCUT2D eigenvalue weighted by Crippen LogP contribution is 2.14. The van der Waals surface area contributed by atoms with Crippen LogP contribution in [0, 0.1) is 0 Å². The molecule has 0 radical (unpaired) electrons. The van der Waals surface area contributed by atoms with Crippen LogP contribution >= 0.6 is 11.6 Å². The van der Waals surface area contributed by atoms with Gasteiger partial charge in [0, 0.05) is 12.7 Å². The lowest BCUT2D eigenvalue weighted by molar-refractivity contribution is 0.0908. The number of hydrogen-bond donors (Lipinski definition) is 2. The van der Waals surface area contributed by atoms with Crippen molar-refractivity contribution in [3.63, 3.8) is 0 Å². The van der Waals surface area contributed by atoms with Crippen molar-refractivity contribution in [2.24, 2.45) is 0 Å². The molecule has 0 saturated carbocycles. The number of nitrogens with zero attached hydrogens (tertiary/aromatic N) is 1. The van der Waals surface area contributed by atoms with Crippen LogP contribution in [0.3, 0.4) is 0 Å². The molecule has 1 atom stereocenters. The van der Waals surface area contributed by atoms with Crippen molar-refractivity contribution in [1.82, 2.24) is 15.6 Å². The third kappa shape index (κ3) is 2.51. The molecule has 2 heterocycles. The molecule has 1 aromatic rings. The number of carbonyl (C=O) groups is 1. The lowest BCUT2D eigenvalue weighted by atomic mass is 10.0. The van der Waals surface area contributed by atoms with E-state index in [0.717, 1.165) is 19.5 Å². The fraction of sp³-hybridized carbons (Fsp3) is 0.455. The monoisotopic (exact) mass is 239 g/mol. The SMILES string of the molecule is CC1(NC(=O)c2ccc(Cl)cn2)CCNC1. The Morgan fingerprint density at radius 2 is 2.44 bits per heavy atom. The number of nitrogens with one attached hydrogen (secondary N) is 2. The van der Waals surface area contributed by atoms with Gasteiger partial charge in [-0.1, -0.05) is 11.6 Å². The zero-order valence-corrected chi connectivity index (χ0v) is 9.84. The summed E-state index contributed by atoms with van der Waals surface area (Å²) in [4.78, 5) is 15.9. The molecule has 0 spiro atoms. The van der Waals surface area contributed by atoms with Gasteiger partial charge in [0.2, 0.25) is 0 Å². The quantitative estimate of drug-likeness (QED) is 0.816. The van der Waals surface area contributed by atoms with Crippen LogP contribution in [-0.2, 0) is 0 Å². The van der Waals surface area contributed by atoms with Crippen LogP contribution in [0.25, 0.3) is 0 Å². The van der Waals surface area contributed by atoms with E-state index in [4.69, 9.17) is 11.6 Å². The van der Waals surface area contributed by atoms with Gasteiger partial charge in [0.05, 0.1) is 10.6 Å². The maximum absolute atomic E-state index is 11.9. The van der Waals surface area contributed by atoms with Gasteiger partial charge in [-0.3, -0.25) is 4.79 Å². The number of hydrogen-bond acceptors (Lipinski definition) is 3. The van der Waals surface area contributed by atoms with Crippen molar-refractivity contribution in [2.75, 3.05) is 13.1 Å². The van der Waals surface area contributed by atoms with Crippen LogP contribution in [0.2, 0.25) is 5.02 Å². The molecule has 0 bridgehead atoms. The number of rotatable bonds is 2. The Balaban J connectivity index is 2.05. The second-order valence-electron chi connectivity index (χ2n) is 4.30. The average Bonchev–Trinajstić information content (AvgIpc) is 2.65. The Bertz CT molecular complexity index is 385. The van der Waals surface area contributed by atoms with Crippen LogP contribution in [0.5, 0.6) is 0 Å². The van der Waals surface area contributed by atoms with Gasteiger partial charge < -0.3 is 10.6 Å². The maximum Gasteiger partial charge on any atom is 0.270 e. The fourth-order valence-electron chi connectivity index (χ4n) is 1.77. The minimum absolute atomic E-state index is 0.150. The van der Waals surface area contributed by atoms with E-state index >= 15 is 0 Å². The molecule has 4 nitrogen and oxygen atoms in total. The van der Waals surface area contributed by atoms with Crippen molar-refractivity contribution >= 4 is 17.5 Å². The minimum Gasteiger partial charge on any atom is -0.344 e. The molecule has 1 fully saturated rings. The van der Waals surface area contributed by atoms with Crippen LogP contribution < -0.4 is 10.6 Å². The zero-order chi connectivity index (χ0) is 11.6. The summed E-state index contributed by atoms with van der Waals surface area (Å²) in [6.07, 6.45) is 2.41. The summed E-state index contributed by atoms with van der Waals surface area (Å²) < 4.78 is 0. The highest BCUT2D eigenvalue weighted by molar-refractivity contribution is 6.30. The summed E-state index contributed by atoms with van der Waals surface area (Å²) in [5.41, 5.74) is 0.232. The summed E-state index contributed by atoms with van der Waals surface area (Å²) in [6, 6.07) is 3.29. The van der Waals surface area contributed by atoms with Crippen molar-refractivity contribution in [3.05, 3.63) is 29.0 Å². The van der Waals surface area contributed by atoms with Gasteiger partial charge in [-0.25, -0.2) is 4.98 Å². The van der Waals surface area contributed by atoms with Gasteiger partial charge >= 0.3 is 0 Å². The molecule has 1 unspecified atom stereocenters. The summed E-state index contributed by atoms with van der Waals surface area (Å²) in [5.74, 6) is -0.150. The van der Waals surface area contributed by atoms with E-state index < -0.39 is 0 Å². The topological polar surface area (TPSA) is 54.0 Å². The van der Waals surface area contributed by atoms with Gasteiger partial charge in [0.1, 0.15) is 5.69 Å². The Morgan fingerprint density at radius 1 is 1.62 bits per heavy atom. The molecular formula is C11H14ClN3O. The number of carbonyl (C=O) groups excluding carboxylic acids is 1. The molecule has 86 valence electrons. The first kappa shape index (κ1) is 11.4. The molecule has 2 rings (SSSR count). The van der Waals surface area contributed by atoms with Crippen molar-refractivity contribution < 1.29 is 4.79 Å². The fourth-order valence-corrected chi connectivity index (χ4v) is 1.88. The van der Waals surface area contributed by atoms with Gasteiger partial charge in [0.25, 0.3) is 5.91 Å². The molecule has 1 saturated heterocycles. The van der Waals surface area contributed by atoms with Crippen LogP contribution in [-0.4, -0.2) is 29.5 Å². The molecule has 5 heteroatoms. The summed E-state index contributed by atoms with van der Waals surface area (Å²) in [7, 11) is 0. The molecule has 2 N–H and O–H groups in total. The van der Waals surface area contributed by atoms with Gasteiger partial charge in [-0.05, 0) is 32.0 Å². The van der Waals surface area contributed by atoms with Crippen molar-refractivity contribution in [1.29, 1.82) is 0 Å². The maximum atomic E-state index is 11.9. The van der Waals surface area contributed by atoms with Crippen LogP contribution in [0.4, 0.5) is 0 Å². The van der Waals surface area contributed by atoms with Crippen LogP contribution in [0.15, 0.2) is 18.3 Å². The van der Waals surface area contributed by atoms with Gasteiger partial charge in [-0.2, -0.15) is 0 Å². The molecule has 1 amide bonds. The smallest absolute Gasteiger partial charge is 0.270 e. The number of amides is 1. The standard InChI is InChI=1S/C11H14ClN3O/c1-11(4-5-13-7-11)15-10(16)9-3-2-8(12)6-14-9/h2-3,6,13H,4-5,7H2,1H3,(H,15,16). The Morgan fingerprint density at radius 3 is 3.00 bits per heavy atom. The molecule has 1 aliphatic rings. The number of halogens is 1. The normalized spacial score (nSPS) is 24.4. The van der Waals surface area contributed by atoms with Gasteiger partial charge in [-0.15, -0.1) is 0 Å². The first-order valence-electron chi connectivity index (χ1n) is 5.24. The third-order valence-corrected chi connectivity index (χ3v) is 2.97.